The van der Waals surface area contributed by atoms with Crippen molar-refractivity contribution in [1.82, 2.24) is 0 Å². The van der Waals surface area contributed by atoms with Gasteiger partial charge in [-0.1, -0.05) is 12.1 Å². The summed E-state index contributed by atoms with van der Waals surface area (Å²) in [4.78, 5) is 25.9. The van der Waals surface area contributed by atoms with Crippen molar-refractivity contribution in [3.8, 4) is 28.7 Å². The average Bonchev–Trinajstić information content (AvgIpc) is 2.97. The summed E-state index contributed by atoms with van der Waals surface area (Å²) in [6, 6.07) is 15.3. The second-order valence-corrected chi connectivity index (χ2v) is 7.32. The number of carbonyl (C=O) groups is 2. The van der Waals surface area contributed by atoms with Gasteiger partial charge in [-0.15, -0.1) is 0 Å². The van der Waals surface area contributed by atoms with Crippen LogP contribution in [0.4, 0.5) is 11.4 Å². The van der Waals surface area contributed by atoms with Gasteiger partial charge in [-0.2, -0.15) is 0 Å². The van der Waals surface area contributed by atoms with Crippen molar-refractivity contribution in [2.24, 2.45) is 0 Å². The first-order chi connectivity index (χ1) is 16.5. The summed E-state index contributed by atoms with van der Waals surface area (Å²) in [5, 5.41) is 5.66. The van der Waals surface area contributed by atoms with Crippen LogP contribution in [-0.4, -0.2) is 31.6 Å². The molecule has 0 atom stereocenters. The molecule has 0 unspecified atom stereocenters. The fourth-order valence-electron chi connectivity index (χ4n) is 3.56. The number of amides is 2. The third-order valence-corrected chi connectivity index (χ3v) is 5.01. The van der Waals surface area contributed by atoms with Crippen molar-refractivity contribution < 1.29 is 28.5 Å². The SMILES string of the molecule is CCOc1cc(C(=O)Nc2ccc3c(c2)C(=O)Nc2ccccc2O3)cc(OCC)c1OCC. The topological polar surface area (TPSA) is 95.1 Å². The standard InChI is InChI=1S/C26H26N2O6/c1-4-31-22-13-16(14-23(32-5-2)24(22)33-6-3)25(29)27-17-11-12-20-18(15-17)26(30)28-19-9-7-8-10-21(19)34-20/h7-15H,4-6H2,1-3H3,(H,27,29)(H,28,30). The van der Waals surface area contributed by atoms with Gasteiger partial charge in [0.25, 0.3) is 11.8 Å². The maximum absolute atomic E-state index is 13.1. The number of para-hydroxylation sites is 2. The second kappa shape index (κ2) is 10.2. The van der Waals surface area contributed by atoms with Crippen LogP contribution in [0.15, 0.2) is 54.6 Å². The Morgan fingerprint density at radius 2 is 1.56 bits per heavy atom. The molecule has 176 valence electrons. The van der Waals surface area contributed by atoms with Crippen molar-refractivity contribution in [3.63, 3.8) is 0 Å². The Labute approximate surface area is 197 Å². The third kappa shape index (κ3) is 4.76. The van der Waals surface area contributed by atoms with Gasteiger partial charge in [0.15, 0.2) is 17.2 Å². The van der Waals surface area contributed by atoms with Gasteiger partial charge in [0.1, 0.15) is 5.75 Å². The van der Waals surface area contributed by atoms with Gasteiger partial charge < -0.3 is 29.6 Å². The molecular formula is C26H26N2O6. The quantitative estimate of drug-likeness (QED) is 0.459. The second-order valence-electron chi connectivity index (χ2n) is 7.32. The van der Waals surface area contributed by atoms with Gasteiger partial charge >= 0.3 is 0 Å². The molecule has 1 aliphatic rings. The molecule has 8 heteroatoms. The number of benzene rings is 3. The molecule has 3 aromatic carbocycles. The van der Waals surface area contributed by atoms with Crippen molar-refractivity contribution in [1.29, 1.82) is 0 Å². The lowest BCUT2D eigenvalue weighted by atomic mass is 10.1. The monoisotopic (exact) mass is 462 g/mol. The van der Waals surface area contributed by atoms with Crippen molar-refractivity contribution in [2.45, 2.75) is 20.8 Å². The summed E-state index contributed by atoms with van der Waals surface area (Å²) in [6.07, 6.45) is 0. The third-order valence-electron chi connectivity index (χ3n) is 5.01. The lowest BCUT2D eigenvalue weighted by molar-refractivity contribution is 0.101. The van der Waals surface area contributed by atoms with E-state index < -0.39 is 0 Å². The fraction of sp³-hybridized carbons (Fsp3) is 0.231. The first kappa shape index (κ1) is 23.0. The number of hydrogen-bond donors (Lipinski definition) is 2. The van der Waals surface area contributed by atoms with Crippen LogP contribution in [0, 0.1) is 0 Å². The summed E-state index contributed by atoms with van der Waals surface area (Å²) < 4.78 is 23.0. The zero-order valence-corrected chi connectivity index (χ0v) is 19.3. The van der Waals surface area contributed by atoms with E-state index in [1.165, 1.54) is 0 Å². The Kier molecular flexibility index (Phi) is 6.87. The average molecular weight is 463 g/mol. The highest BCUT2D eigenvalue weighted by molar-refractivity contribution is 6.10. The molecular weight excluding hydrogens is 436 g/mol. The van der Waals surface area contributed by atoms with Gasteiger partial charge in [0, 0.05) is 11.3 Å². The summed E-state index contributed by atoms with van der Waals surface area (Å²) in [7, 11) is 0. The Bertz CT molecular complexity index is 1200. The smallest absolute Gasteiger partial charge is 0.259 e. The highest BCUT2D eigenvalue weighted by Crippen LogP contribution is 2.40. The van der Waals surface area contributed by atoms with Crippen LogP contribution in [0.3, 0.4) is 0 Å². The Morgan fingerprint density at radius 1 is 0.882 bits per heavy atom. The molecule has 0 radical (unpaired) electrons. The molecule has 0 saturated heterocycles. The molecule has 0 aliphatic carbocycles. The summed E-state index contributed by atoms with van der Waals surface area (Å²) in [5.74, 6) is 1.55. The van der Waals surface area contributed by atoms with E-state index >= 15 is 0 Å². The van der Waals surface area contributed by atoms with Gasteiger partial charge in [-0.3, -0.25) is 9.59 Å². The van der Waals surface area contributed by atoms with E-state index in [1.54, 1.807) is 42.5 Å². The van der Waals surface area contributed by atoms with Crippen molar-refractivity contribution >= 4 is 23.2 Å². The van der Waals surface area contributed by atoms with Crippen molar-refractivity contribution in [3.05, 3.63) is 65.7 Å². The lowest BCUT2D eigenvalue weighted by Gasteiger charge is -2.17. The minimum absolute atomic E-state index is 0.311. The number of carbonyl (C=O) groups excluding carboxylic acids is 2. The van der Waals surface area contributed by atoms with Crippen LogP contribution >= 0.6 is 0 Å². The highest BCUT2D eigenvalue weighted by atomic mass is 16.5. The maximum atomic E-state index is 13.1. The van der Waals surface area contributed by atoms with Crippen LogP contribution in [0.2, 0.25) is 0 Å². The highest BCUT2D eigenvalue weighted by Gasteiger charge is 2.22. The number of anilines is 2. The number of rotatable bonds is 8. The predicted octanol–water partition coefficient (Wildman–Crippen LogP) is 5.49. The number of fused-ring (bicyclic) bond motifs is 2. The Morgan fingerprint density at radius 3 is 2.24 bits per heavy atom. The summed E-state index contributed by atoms with van der Waals surface area (Å²) in [5.41, 5.74) is 1.66. The first-order valence-electron chi connectivity index (χ1n) is 11.1. The summed E-state index contributed by atoms with van der Waals surface area (Å²) in [6.45, 7) is 6.80. The van der Waals surface area contributed by atoms with E-state index in [2.05, 4.69) is 10.6 Å². The normalized spacial score (nSPS) is 11.8. The zero-order valence-electron chi connectivity index (χ0n) is 19.3. The molecule has 2 N–H and O–H groups in total. The largest absolute Gasteiger partial charge is 0.490 e. The molecule has 34 heavy (non-hydrogen) atoms. The first-order valence-corrected chi connectivity index (χ1v) is 11.1. The minimum Gasteiger partial charge on any atom is -0.490 e. The molecule has 1 heterocycles. The van der Waals surface area contributed by atoms with E-state index in [0.29, 0.717) is 71.1 Å². The number of hydrogen-bond acceptors (Lipinski definition) is 6. The molecule has 4 rings (SSSR count). The maximum Gasteiger partial charge on any atom is 0.259 e. The zero-order chi connectivity index (χ0) is 24.1. The minimum atomic E-state index is -0.386. The molecule has 0 spiro atoms. The van der Waals surface area contributed by atoms with E-state index in [9.17, 15) is 9.59 Å². The van der Waals surface area contributed by atoms with Gasteiger partial charge in [-0.05, 0) is 63.2 Å². The Hall–Kier alpha value is -4.20. The fourth-order valence-corrected chi connectivity index (χ4v) is 3.56. The number of nitrogens with one attached hydrogen (secondary N) is 2. The molecule has 3 aromatic rings. The van der Waals surface area contributed by atoms with Gasteiger partial charge in [0.2, 0.25) is 5.75 Å². The molecule has 0 aromatic heterocycles. The van der Waals surface area contributed by atoms with Gasteiger partial charge in [0.05, 0.1) is 31.1 Å². The van der Waals surface area contributed by atoms with E-state index in [0.717, 1.165) is 0 Å². The number of ether oxygens (including phenoxy) is 4. The van der Waals surface area contributed by atoms with E-state index in [1.807, 2.05) is 32.9 Å². The summed E-state index contributed by atoms with van der Waals surface area (Å²) >= 11 is 0. The lowest BCUT2D eigenvalue weighted by Crippen LogP contribution is -2.15. The van der Waals surface area contributed by atoms with Crippen molar-refractivity contribution in [2.75, 3.05) is 30.5 Å². The van der Waals surface area contributed by atoms with E-state index in [-0.39, 0.29) is 11.8 Å². The molecule has 0 bridgehead atoms. The molecule has 0 fully saturated rings. The van der Waals surface area contributed by atoms with E-state index in [4.69, 9.17) is 18.9 Å². The van der Waals surface area contributed by atoms with Crippen LogP contribution in [0.5, 0.6) is 28.7 Å². The van der Waals surface area contributed by atoms with Crippen LogP contribution in [-0.2, 0) is 0 Å². The van der Waals surface area contributed by atoms with Crippen LogP contribution in [0.25, 0.3) is 0 Å². The van der Waals surface area contributed by atoms with Gasteiger partial charge in [-0.25, -0.2) is 0 Å². The predicted molar refractivity (Wildman–Crippen MR) is 129 cm³/mol. The molecule has 2 amide bonds. The molecule has 8 nitrogen and oxygen atoms in total. The van der Waals surface area contributed by atoms with Crippen LogP contribution < -0.4 is 29.6 Å². The van der Waals surface area contributed by atoms with Crippen LogP contribution in [0.1, 0.15) is 41.5 Å². The molecule has 1 aliphatic heterocycles. The Balaban J connectivity index is 1.62. The molecule has 0 saturated carbocycles.